The molecule has 212 valence electrons. The molecule has 3 aromatic rings. The first-order chi connectivity index (χ1) is 19.8. The smallest absolute Gasteiger partial charge is 0.335 e. The van der Waals surface area contributed by atoms with Gasteiger partial charge in [0.2, 0.25) is 5.91 Å². The molecular formula is C31H32N4O6. The average Bonchev–Trinajstić information content (AvgIpc) is 2.97. The molecule has 4 amide bonds. The summed E-state index contributed by atoms with van der Waals surface area (Å²) in [5, 5.41) is 2.48. The summed E-state index contributed by atoms with van der Waals surface area (Å²) >= 11 is 0. The molecule has 0 unspecified atom stereocenters. The molecule has 2 fully saturated rings. The Kier molecular flexibility index (Phi) is 6.86. The molecule has 3 atom stereocenters. The Morgan fingerprint density at radius 3 is 2.41 bits per heavy atom. The Bertz CT molecular complexity index is 1570. The van der Waals surface area contributed by atoms with E-state index in [2.05, 4.69) is 10.2 Å². The fourth-order valence-corrected chi connectivity index (χ4v) is 6.67. The molecule has 6 rings (SSSR count). The zero-order valence-corrected chi connectivity index (χ0v) is 23.0. The monoisotopic (exact) mass is 556 g/mol. The molecule has 10 heteroatoms. The van der Waals surface area contributed by atoms with Gasteiger partial charge in [-0.2, -0.15) is 0 Å². The van der Waals surface area contributed by atoms with Gasteiger partial charge in [0, 0.05) is 50.3 Å². The van der Waals surface area contributed by atoms with E-state index in [1.165, 1.54) is 7.11 Å². The third-order valence-corrected chi connectivity index (χ3v) is 8.53. The maximum Gasteiger partial charge on any atom is 0.335 e. The second kappa shape index (κ2) is 10.5. The fraction of sp³-hybridized carbons (Fsp3) is 0.355. The van der Waals surface area contributed by atoms with Crippen LogP contribution in [0, 0.1) is 11.3 Å². The lowest BCUT2D eigenvalue weighted by Crippen LogP contribution is -2.68. The van der Waals surface area contributed by atoms with Gasteiger partial charge in [0.15, 0.2) is 0 Å². The Morgan fingerprint density at radius 2 is 1.66 bits per heavy atom. The number of piperidine rings is 1. The highest BCUT2D eigenvalue weighted by atomic mass is 16.5. The molecule has 0 radical (unpaired) electrons. The zero-order valence-electron chi connectivity index (χ0n) is 23.0. The van der Waals surface area contributed by atoms with Crippen LogP contribution in [0.2, 0.25) is 0 Å². The molecule has 3 aliphatic rings. The number of ether oxygens (including phenoxy) is 2. The molecule has 1 aromatic heterocycles. The molecule has 2 bridgehead atoms. The van der Waals surface area contributed by atoms with Crippen LogP contribution in [0.1, 0.15) is 23.6 Å². The van der Waals surface area contributed by atoms with E-state index in [0.29, 0.717) is 42.4 Å². The van der Waals surface area contributed by atoms with Crippen molar-refractivity contribution in [3.63, 3.8) is 0 Å². The SMILES string of the molecule is COc1ccc(N2C(=O)NC(=O)[C@@](Cc3ccccc3OC)(CN3C[C@@H]4C[C@H](C3)c3cccc(=O)n3C4)C2=O)cc1. The predicted molar refractivity (Wildman–Crippen MR) is 151 cm³/mol. The first-order valence-electron chi connectivity index (χ1n) is 13.7. The average molecular weight is 557 g/mol. The van der Waals surface area contributed by atoms with Crippen LogP contribution >= 0.6 is 0 Å². The number of pyridine rings is 1. The summed E-state index contributed by atoms with van der Waals surface area (Å²) in [5.74, 6) is 0.218. The topological polar surface area (TPSA) is 110 Å². The lowest BCUT2D eigenvalue weighted by atomic mass is 9.75. The number of aromatic nitrogens is 1. The molecule has 10 nitrogen and oxygen atoms in total. The molecule has 1 N–H and O–H groups in total. The molecule has 3 aliphatic heterocycles. The fourth-order valence-electron chi connectivity index (χ4n) is 6.67. The summed E-state index contributed by atoms with van der Waals surface area (Å²) in [6.07, 6.45) is 0.986. The number of nitrogens with zero attached hydrogens (tertiary/aromatic N) is 3. The number of hydrogen-bond donors (Lipinski definition) is 1. The van der Waals surface area contributed by atoms with Crippen molar-refractivity contribution in [2.45, 2.75) is 25.3 Å². The number of urea groups is 1. The number of methoxy groups -OCH3 is 2. The van der Waals surface area contributed by atoms with Crippen LogP contribution in [0.25, 0.3) is 0 Å². The van der Waals surface area contributed by atoms with Crippen LogP contribution in [0.5, 0.6) is 11.5 Å². The Labute approximate surface area is 237 Å². The Morgan fingerprint density at radius 1 is 0.878 bits per heavy atom. The van der Waals surface area contributed by atoms with E-state index in [-0.39, 0.29) is 30.4 Å². The summed E-state index contributed by atoms with van der Waals surface area (Å²) in [7, 11) is 3.08. The van der Waals surface area contributed by atoms with E-state index >= 15 is 0 Å². The standard InChI is InChI=1S/C31H32N4O6/c1-40-24-12-10-23(11-13-24)35-29(38)31(28(37)32-30(35)39,15-21-6-3-4-8-26(21)41-2)19-33-16-20-14-22(18-33)25-7-5-9-27(36)34(25)17-20/h3-13,20,22H,14-19H2,1-2H3,(H,32,37,39)/t20-,22+,31+/m0/s1. The number of fused-ring (bicyclic) bond motifs is 4. The predicted octanol–water partition coefficient (Wildman–Crippen LogP) is 2.80. The van der Waals surface area contributed by atoms with E-state index in [1.807, 2.05) is 28.8 Å². The van der Waals surface area contributed by atoms with Crippen LogP contribution in [0.4, 0.5) is 10.5 Å². The lowest BCUT2D eigenvalue weighted by Gasteiger charge is -2.47. The Hall–Kier alpha value is -4.44. The summed E-state index contributed by atoms with van der Waals surface area (Å²) in [6, 6.07) is 18.4. The number of carbonyl (C=O) groups is 3. The number of benzene rings is 2. The van der Waals surface area contributed by atoms with Crippen molar-refractivity contribution in [2.75, 3.05) is 38.8 Å². The van der Waals surface area contributed by atoms with Crippen LogP contribution in [-0.2, 0) is 22.6 Å². The van der Waals surface area contributed by atoms with Crippen molar-refractivity contribution < 1.29 is 23.9 Å². The van der Waals surface area contributed by atoms with Crippen molar-refractivity contribution in [1.29, 1.82) is 0 Å². The van der Waals surface area contributed by atoms with Gasteiger partial charge in [-0.15, -0.1) is 0 Å². The molecular weight excluding hydrogens is 524 g/mol. The molecule has 0 aliphatic carbocycles. The summed E-state index contributed by atoms with van der Waals surface area (Å²) < 4.78 is 12.7. The number of likely N-dealkylation sites (tertiary alicyclic amines) is 1. The normalized spacial score (nSPS) is 24.0. The third kappa shape index (κ3) is 4.67. The number of hydrogen-bond acceptors (Lipinski definition) is 7. The minimum atomic E-state index is -1.61. The van der Waals surface area contributed by atoms with Crippen molar-refractivity contribution in [3.8, 4) is 11.5 Å². The molecule has 2 saturated heterocycles. The number of rotatable bonds is 7. The van der Waals surface area contributed by atoms with Crippen LogP contribution in [0.15, 0.2) is 71.5 Å². The molecule has 4 heterocycles. The van der Waals surface area contributed by atoms with Crippen LogP contribution in [0.3, 0.4) is 0 Å². The number of carbonyl (C=O) groups excluding carboxylic acids is 3. The summed E-state index contributed by atoms with van der Waals surface area (Å²) in [6.45, 7) is 1.92. The first kappa shape index (κ1) is 26.8. The van der Waals surface area contributed by atoms with Gasteiger partial charge < -0.3 is 18.9 Å². The number of amides is 4. The van der Waals surface area contributed by atoms with Crippen LogP contribution < -0.4 is 25.2 Å². The molecule has 2 aromatic carbocycles. The minimum Gasteiger partial charge on any atom is -0.497 e. The van der Waals surface area contributed by atoms with Gasteiger partial charge >= 0.3 is 6.03 Å². The number of anilines is 1. The van der Waals surface area contributed by atoms with Gasteiger partial charge in [-0.25, -0.2) is 9.69 Å². The van der Waals surface area contributed by atoms with E-state index in [0.717, 1.165) is 17.0 Å². The molecule has 0 saturated carbocycles. The second-order valence-electron chi connectivity index (χ2n) is 11.1. The quantitative estimate of drug-likeness (QED) is 0.446. The van der Waals surface area contributed by atoms with Crippen molar-refractivity contribution in [3.05, 3.63) is 88.3 Å². The van der Waals surface area contributed by atoms with Crippen molar-refractivity contribution >= 4 is 23.5 Å². The molecule has 41 heavy (non-hydrogen) atoms. The molecule has 0 spiro atoms. The summed E-state index contributed by atoms with van der Waals surface area (Å²) in [5.41, 5.74) is 0.399. The number of para-hydroxylation sites is 1. The van der Waals surface area contributed by atoms with Gasteiger partial charge in [-0.05, 0) is 54.3 Å². The van der Waals surface area contributed by atoms with Crippen LogP contribution in [-0.4, -0.2) is 61.2 Å². The highest BCUT2D eigenvalue weighted by Crippen LogP contribution is 2.40. The van der Waals surface area contributed by atoms with Gasteiger partial charge in [0.25, 0.3) is 11.5 Å². The zero-order chi connectivity index (χ0) is 28.7. The maximum atomic E-state index is 14.5. The number of nitrogens with one attached hydrogen (secondary N) is 1. The van der Waals surface area contributed by atoms with Crippen molar-refractivity contribution in [2.24, 2.45) is 11.3 Å². The summed E-state index contributed by atoms with van der Waals surface area (Å²) in [4.78, 5) is 57.2. The van der Waals surface area contributed by atoms with Gasteiger partial charge in [-0.1, -0.05) is 24.3 Å². The Balaban J connectivity index is 1.39. The van der Waals surface area contributed by atoms with Gasteiger partial charge in [-0.3, -0.25) is 19.7 Å². The lowest BCUT2D eigenvalue weighted by molar-refractivity contribution is -0.144. The van der Waals surface area contributed by atoms with Crippen molar-refractivity contribution in [1.82, 2.24) is 14.8 Å². The number of barbiturate groups is 1. The first-order valence-corrected chi connectivity index (χ1v) is 13.7. The van der Waals surface area contributed by atoms with Gasteiger partial charge in [0.1, 0.15) is 16.9 Å². The second-order valence-corrected chi connectivity index (χ2v) is 11.1. The highest BCUT2D eigenvalue weighted by molar-refractivity contribution is 6.30. The van der Waals surface area contributed by atoms with Gasteiger partial charge in [0.05, 0.1) is 19.9 Å². The number of imide groups is 2. The minimum absolute atomic E-state index is 0.00576. The maximum absolute atomic E-state index is 14.5. The van der Waals surface area contributed by atoms with E-state index < -0.39 is 23.3 Å². The third-order valence-electron chi connectivity index (χ3n) is 8.53. The van der Waals surface area contributed by atoms with E-state index in [1.54, 1.807) is 49.6 Å². The largest absolute Gasteiger partial charge is 0.497 e. The highest BCUT2D eigenvalue weighted by Gasteiger charge is 2.56. The van der Waals surface area contributed by atoms with E-state index in [9.17, 15) is 19.2 Å². The van der Waals surface area contributed by atoms with E-state index in [4.69, 9.17) is 9.47 Å².